The number of aliphatic hydroxyl groups is 1. The van der Waals surface area contributed by atoms with Gasteiger partial charge in [0.25, 0.3) is 0 Å². The van der Waals surface area contributed by atoms with Crippen molar-refractivity contribution in [3.63, 3.8) is 0 Å². The van der Waals surface area contributed by atoms with E-state index in [0.717, 1.165) is 0 Å². The van der Waals surface area contributed by atoms with Crippen LogP contribution in [0.25, 0.3) is 0 Å². The molecule has 0 amide bonds. The number of carbonyl (C=O) groups excluding carboxylic acids is 1. The number of fused-ring (bicyclic) bond motifs is 1. The third-order valence-electron chi connectivity index (χ3n) is 4.42. The highest BCUT2D eigenvalue weighted by Gasteiger charge is 2.45. The van der Waals surface area contributed by atoms with E-state index in [-0.39, 0.29) is 36.9 Å². The summed E-state index contributed by atoms with van der Waals surface area (Å²) >= 11 is 3.17. The molecule has 24 heavy (non-hydrogen) atoms. The highest BCUT2D eigenvalue weighted by atomic mass is 79.9. The minimum Gasteiger partial charge on any atom is -0.387 e. The molecule has 1 aliphatic carbocycles. The van der Waals surface area contributed by atoms with E-state index < -0.39 is 23.4 Å². The first-order chi connectivity index (χ1) is 11.4. The van der Waals surface area contributed by atoms with Gasteiger partial charge in [-0.2, -0.15) is 0 Å². The molecule has 1 N–H and O–H groups in total. The standard InChI is InChI=1S/C18H16BrF2NO2/c19-12-5-3-11(14(20)10-12)4-6-16(24)18(21)8-7-15(23)17-13(18)2-1-9-22-17/h1-3,5,9-10,15,23H,4,6-8H2/t15-,18-/m0/s1. The average molecular weight is 396 g/mol. The van der Waals surface area contributed by atoms with Gasteiger partial charge in [0.05, 0.1) is 11.8 Å². The van der Waals surface area contributed by atoms with Gasteiger partial charge in [0.15, 0.2) is 11.5 Å². The molecule has 0 aliphatic heterocycles. The maximum Gasteiger partial charge on any atom is 0.195 e. The fourth-order valence-corrected chi connectivity index (χ4v) is 3.42. The van der Waals surface area contributed by atoms with Crippen LogP contribution < -0.4 is 0 Å². The molecule has 0 spiro atoms. The zero-order valence-electron chi connectivity index (χ0n) is 12.8. The third-order valence-corrected chi connectivity index (χ3v) is 4.92. The van der Waals surface area contributed by atoms with Crippen LogP contribution in [-0.2, 0) is 16.9 Å². The second-order valence-electron chi connectivity index (χ2n) is 5.95. The Morgan fingerprint density at radius 2 is 2.21 bits per heavy atom. The molecule has 0 bridgehead atoms. The van der Waals surface area contributed by atoms with E-state index in [1.165, 1.54) is 18.3 Å². The lowest BCUT2D eigenvalue weighted by molar-refractivity contribution is -0.133. The first kappa shape index (κ1) is 17.2. The summed E-state index contributed by atoms with van der Waals surface area (Å²) in [6, 6.07) is 7.62. The van der Waals surface area contributed by atoms with Crippen molar-refractivity contribution in [1.29, 1.82) is 0 Å². The Balaban J connectivity index is 1.81. The summed E-state index contributed by atoms with van der Waals surface area (Å²) < 4.78 is 29.9. The quantitative estimate of drug-likeness (QED) is 0.844. The smallest absolute Gasteiger partial charge is 0.195 e. The minimum atomic E-state index is -2.17. The van der Waals surface area contributed by atoms with Gasteiger partial charge in [-0.15, -0.1) is 0 Å². The lowest BCUT2D eigenvalue weighted by Gasteiger charge is -2.32. The molecule has 1 aromatic carbocycles. The van der Waals surface area contributed by atoms with Crippen LogP contribution in [0.5, 0.6) is 0 Å². The van der Waals surface area contributed by atoms with Crippen molar-refractivity contribution in [2.75, 3.05) is 0 Å². The zero-order chi connectivity index (χ0) is 17.3. The first-order valence-electron chi connectivity index (χ1n) is 7.71. The van der Waals surface area contributed by atoms with Crippen LogP contribution >= 0.6 is 15.9 Å². The van der Waals surface area contributed by atoms with Gasteiger partial charge in [-0.05, 0) is 43.0 Å². The van der Waals surface area contributed by atoms with Crippen LogP contribution in [0, 0.1) is 5.82 Å². The largest absolute Gasteiger partial charge is 0.387 e. The Hall–Kier alpha value is -1.66. The molecule has 0 fully saturated rings. The number of pyridine rings is 1. The molecule has 0 radical (unpaired) electrons. The average Bonchev–Trinajstić information content (AvgIpc) is 2.57. The fraction of sp³-hybridized carbons (Fsp3) is 0.333. The molecular formula is C18H16BrF2NO2. The maximum atomic E-state index is 15.4. The number of alkyl halides is 1. The van der Waals surface area contributed by atoms with E-state index >= 15 is 4.39 Å². The number of halogens is 3. The number of hydrogen-bond acceptors (Lipinski definition) is 3. The molecule has 2 aromatic rings. The van der Waals surface area contributed by atoms with Crippen molar-refractivity contribution in [1.82, 2.24) is 4.98 Å². The van der Waals surface area contributed by atoms with Gasteiger partial charge in [-0.3, -0.25) is 9.78 Å². The summed E-state index contributed by atoms with van der Waals surface area (Å²) in [4.78, 5) is 16.5. The van der Waals surface area contributed by atoms with Crippen LogP contribution in [0.15, 0.2) is 41.0 Å². The molecular weight excluding hydrogens is 380 g/mol. The second-order valence-corrected chi connectivity index (χ2v) is 6.87. The van der Waals surface area contributed by atoms with Gasteiger partial charge in [-0.25, -0.2) is 8.78 Å². The van der Waals surface area contributed by atoms with Gasteiger partial charge in [0, 0.05) is 22.7 Å². The van der Waals surface area contributed by atoms with E-state index in [4.69, 9.17) is 0 Å². The minimum absolute atomic E-state index is 0.0888. The topological polar surface area (TPSA) is 50.2 Å². The summed E-state index contributed by atoms with van der Waals surface area (Å²) in [7, 11) is 0. The van der Waals surface area contributed by atoms with E-state index in [0.29, 0.717) is 10.0 Å². The Labute approximate surface area is 146 Å². The summed E-state index contributed by atoms with van der Waals surface area (Å²) in [5.41, 5.74) is -1.45. The van der Waals surface area contributed by atoms with Crippen molar-refractivity contribution >= 4 is 21.7 Å². The van der Waals surface area contributed by atoms with Gasteiger partial charge in [0.2, 0.25) is 0 Å². The summed E-state index contributed by atoms with van der Waals surface area (Å²) in [5.74, 6) is -1.03. The van der Waals surface area contributed by atoms with Crippen LogP contribution in [-0.4, -0.2) is 15.9 Å². The van der Waals surface area contributed by atoms with Crippen LogP contribution in [0.1, 0.15) is 42.2 Å². The Bertz CT molecular complexity index is 783. The summed E-state index contributed by atoms with van der Waals surface area (Å²) in [6.07, 6.45) is 0.672. The van der Waals surface area contributed by atoms with Gasteiger partial charge in [-0.1, -0.05) is 28.1 Å². The van der Waals surface area contributed by atoms with E-state index in [9.17, 15) is 14.3 Å². The third kappa shape index (κ3) is 3.13. The monoisotopic (exact) mass is 395 g/mol. The Morgan fingerprint density at radius 3 is 2.96 bits per heavy atom. The number of nitrogens with zero attached hydrogens (tertiary/aromatic N) is 1. The highest BCUT2D eigenvalue weighted by Crippen LogP contribution is 2.43. The predicted molar refractivity (Wildman–Crippen MR) is 88.6 cm³/mol. The van der Waals surface area contributed by atoms with Crippen molar-refractivity contribution in [2.24, 2.45) is 0 Å². The highest BCUT2D eigenvalue weighted by molar-refractivity contribution is 9.10. The number of aromatic nitrogens is 1. The molecule has 6 heteroatoms. The number of aliphatic hydroxyl groups excluding tert-OH is 1. The van der Waals surface area contributed by atoms with Gasteiger partial charge < -0.3 is 5.11 Å². The number of rotatable bonds is 4. The number of ketones is 1. The Morgan fingerprint density at radius 1 is 1.42 bits per heavy atom. The van der Waals surface area contributed by atoms with Crippen LogP contribution in [0.3, 0.4) is 0 Å². The number of benzene rings is 1. The van der Waals surface area contributed by atoms with Crippen LogP contribution in [0.4, 0.5) is 8.78 Å². The summed E-state index contributed by atoms with van der Waals surface area (Å²) in [6.45, 7) is 0. The maximum absolute atomic E-state index is 15.4. The lowest BCUT2D eigenvalue weighted by Crippen LogP contribution is -2.37. The molecule has 0 saturated carbocycles. The number of aryl methyl sites for hydroxylation is 1. The van der Waals surface area contributed by atoms with E-state index in [1.807, 2.05) is 0 Å². The van der Waals surface area contributed by atoms with Crippen LogP contribution in [0.2, 0.25) is 0 Å². The van der Waals surface area contributed by atoms with Crippen molar-refractivity contribution < 1.29 is 18.7 Å². The second kappa shape index (κ2) is 6.69. The molecule has 1 heterocycles. The normalized spacial score (nSPS) is 22.9. The molecule has 1 aliphatic rings. The fourth-order valence-electron chi connectivity index (χ4n) is 3.09. The SMILES string of the molecule is O=C(CCc1ccc(Br)cc1F)[C@]1(F)CC[C@H](O)c2ncccc21. The van der Waals surface area contributed by atoms with Gasteiger partial charge >= 0.3 is 0 Å². The first-order valence-corrected chi connectivity index (χ1v) is 8.51. The molecule has 0 unspecified atom stereocenters. The number of hydrogen-bond donors (Lipinski definition) is 1. The van der Waals surface area contributed by atoms with E-state index in [1.54, 1.807) is 18.2 Å². The van der Waals surface area contributed by atoms with Crippen molar-refractivity contribution in [3.8, 4) is 0 Å². The number of carbonyl (C=O) groups is 1. The van der Waals surface area contributed by atoms with Gasteiger partial charge in [0.1, 0.15) is 5.82 Å². The molecule has 126 valence electrons. The Kier molecular flexibility index (Phi) is 4.78. The zero-order valence-corrected chi connectivity index (χ0v) is 14.4. The molecule has 0 saturated heterocycles. The summed E-state index contributed by atoms with van der Waals surface area (Å²) in [5, 5.41) is 9.95. The van der Waals surface area contributed by atoms with E-state index in [2.05, 4.69) is 20.9 Å². The van der Waals surface area contributed by atoms with Crippen molar-refractivity contribution in [2.45, 2.75) is 37.5 Å². The molecule has 1 aromatic heterocycles. The molecule has 3 nitrogen and oxygen atoms in total. The number of Topliss-reactive ketones (excluding diaryl/α,β-unsaturated/α-hetero) is 1. The molecule has 3 rings (SSSR count). The van der Waals surface area contributed by atoms with Crippen molar-refractivity contribution in [3.05, 3.63) is 63.6 Å². The predicted octanol–water partition coefficient (Wildman–Crippen LogP) is 4.18. The lowest BCUT2D eigenvalue weighted by atomic mass is 9.77. The molecule has 2 atom stereocenters.